The zero-order valence-electron chi connectivity index (χ0n) is 10.6. The van der Waals surface area contributed by atoms with E-state index in [0.29, 0.717) is 12.8 Å². The SMILES string of the molecule is CCN(CC)C(=O)CCCCCC(=O)OC. The monoisotopic (exact) mass is 229 g/mol. The molecule has 0 rings (SSSR count). The number of esters is 1. The molecule has 0 aromatic rings. The lowest BCUT2D eigenvalue weighted by atomic mass is 10.1. The van der Waals surface area contributed by atoms with Crippen molar-refractivity contribution in [2.75, 3.05) is 20.2 Å². The third kappa shape index (κ3) is 6.43. The van der Waals surface area contributed by atoms with E-state index in [-0.39, 0.29) is 11.9 Å². The Morgan fingerprint density at radius 1 is 1.00 bits per heavy atom. The zero-order chi connectivity index (χ0) is 12.4. The third-order valence-corrected chi connectivity index (χ3v) is 2.62. The Bertz CT molecular complexity index is 212. The van der Waals surface area contributed by atoms with Crippen LogP contribution >= 0.6 is 0 Å². The van der Waals surface area contributed by atoms with Crippen LogP contribution < -0.4 is 0 Å². The second-order valence-electron chi connectivity index (χ2n) is 3.70. The summed E-state index contributed by atoms with van der Waals surface area (Å²) in [5.74, 6) is 0.0399. The first-order valence-electron chi connectivity index (χ1n) is 6.00. The maximum atomic E-state index is 11.6. The van der Waals surface area contributed by atoms with E-state index in [9.17, 15) is 9.59 Å². The lowest BCUT2D eigenvalue weighted by molar-refractivity contribution is -0.140. The van der Waals surface area contributed by atoms with Gasteiger partial charge in [0.15, 0.2) is 0 Å². The van der Waals surface area contributed by atoms with Gasteiger partial charge in [0.05, 0.1) is 7.11 Å². The minimum atomic E-state index is -0.171. The normalized spacial score (nSPS) is 9.94. The van der Waals surface area contributed by atoms with Gasteiger partial charge in [-0.15, -0.1) is 0 Å². The highest BCUT2D eigenvalue weighted by Gasteiger charge is 2.08. The molecule has 0 aliphatic rings. The molecule has 0 N–H and O–H groups in total. The van der Waals surface area contributed by atoms with Gasteiger partial charge in [-0.2, -0.15) is 0 Å². The molecule has 0 atom stereocenters. The van der Waals surface area contributed by atoms with Crippen LogP contribution in [-0.4, -0.2) is 37.0 Å². The van der Waals surface area contributed by atoms with Crippen LogP contribution in [0.4, 0.5) is 0 Å². The molecule has 16 heavy (non-hydrogen) atoms. The number of amides is 1. The van der Waals surface area contributed by atoms with Gasteiger partial charge in [-0.05, 0) is 26.7 Å². The number of carbonyl (C=O) groups is 2. The topological polar surface area (TPSA) is 46.6 Å². The zero-order valence-corrected chi connectivity index (χ0v) is 10.6. The van der Waals surface area contributed by atoms with Crippen molar-refractivity contribution >= 4 is 11.9 Å². The van der Waals surface area contributed by atoms with Gasteiger partial charge in [0.2, 0.25) is 5.91 Å². The predicted octanol–water partition coefficient (Wildman–Crippen LogP) is 1.98. The van der Waals surface area contributed by atoms with Crippen LogP contribution in [0.1, 0.15) is 46.0 Å². The molecule has 0 saturated heterocycles. The van der Waals surface area contributed by atoms with Gasteiger partial charge in [0, 0.05) is 25.9 Å². The molecule has 0 unspecified atom stereocenters. The standard InChI is InChI=1S/C12H23NO3/c1-4-13(5-2)11(14)9-7-6-8-10-12(15)16-3/h4-10H2,1-3H3. The molecular formula is C12H23NO3. The largest absolute Gasteiger partial charge is 0.469 e. The Morgan fingerprint density at radius 2 is 1.56 bits per heavy atom. The quantitative estimate of drug-likeness (QED) is 0.472. The Labute approximate surface area is 98.0 Å². The highest BCUT2D eigenvalue weighted by Crippen LogP contribution is 2.06. The molecule has 0 aliphatic carbocycles. The molecule has 4 nitrogen and oxygen atoms in total. The third-order valence-electron chi connectivity index (χ3n) is 2.62. The number of rotatable bonds is 8. The van der Waals surface area contributed by atoms with Gasteiger partial charge in [0.25, 0.3) is 0 Å². The molecule has 0 bridgehead atoms. The minimum Gasteiger partial charge on any atom is -0.469 e. The summed E-state index contributed by atoms with van der Waals surface area (Å²) >= 11 is 0. The Hall–Kier alpha value is -1.06. The van der Waals surface area contributed by atoms with E-state index in [1.807, 2.05) is 18.7 Å². The van der Waals surface area contributed by atoms with Crippen molar-refractivity contribution in [3.8, 4) is 0 Å². The van der Waals surface area contributed by atoms with Crippen LogP contribution in [0.5, 0.6) is 0 Å². The molecule has 0 aliphatic heterocycles. The molecule has 4 heteroatoms. The molecule has 94 valence electrons. The number of hydrogen-bond donors (Lipinski definition) is 0. The van der Waals surface area contributed by atoms with Crippen molar-refractivity contribution in [1.29, 1.82) is 0 Å². The van der Waals surface area contributed by atoms with Crippen LogP contribution in [0.2, 0.25) is 0 Å². The smallest absolute Gasteiger partial charge is 0.305 e. The van der Waals surface area contributed by atoms with Crippen LogP contribution in [0.25, 0.3) is 0 Å². The first kappa shape index (κ1) is 14.9. The molecule has 0 radical (unpaired) electrons. The Balaban J connectivity index is 3.51. The highest BCUT2D eigenvalue weighted by atomic mass is 16.5. The molecule has 0 aromatic carbocycles. The van der Waals surface area contributed by atoms with Crippen molar-refractivity contribution in [3.63, 3.8) is 0 Å². The Morgan fingerprint density at radius 3 is 2.06 bits per heavy atom. The van der Waals surface area contributed by atoms with E-state index < -0.39 is 0 Å². The van der Waals surface area contributed by atoms with Crippen LogP contribution in [0, 0.1) is 0 Å². The summed E-state index contributed by atoms with van der Waals surface area (Å²) in [4.78, 5) is 24.2. The van der Waals surface area contributed by atoms with Crippen molar-refractivity contribution < 1.29 is 14.3 Å². The summed E-state index contributed by atoms with van der Waals surface area (Å²) < 4.78 is 4.54. The fourth-order valence-electron chi connectivity index (χ4n) is 1.56. The molecule has 0 saturated carbocycles. The van der Waals surface area contributed by atoms with Crippen molar-refractivity contribution in [1.82, 2.24) is 4.90 Å². The van der Waals surface area contributed by atoms with Crippen molar-refractivity contribution in [3.05, 3.63) is 0 Å². The number of nitrogens with zero attached hydrogens (tertiary/aromatic N) is 1. The molecular weight excluding hydrogens is 206 g/mol. The molecule has 0 spiro atoms. The van der Waals surface area contributed by atoms with Gasteiger partial charge < -0.3 is 9.64 Å². The van der Waals surface area contributed by atoms with Crippen LogP contribution in [0.3, 0.4) is 0 Å². The highest BCUT2D eigenvalue weighted by molar-refractivity contribution is 5.76. The van der Waals surface area contributed by atoms with E-state index in [4.69, 9.17) is 0 Å². The number of hydrogen-bond acceptors (Lipinski definition) is 3. The summed E-state index contributed by atoms with van der Waals surface area (Å²) in [5.41, 5.74) is 0. The first-order chi connectivity index (χ1) is 7.65. The maximum Gasteiger partial charge on any atom is 0.305 e. The summed E-state index contributed by atoms with van der Waals surface area (Å²) in [6.45, 7) is 5.52. The number of methoxy groups -OCH3 is 1. The van der Waals surface area contributed by atoms with Gasteiger partial charge in [0.1, 0.15) is 0 Å². The van der Waals surface area contributed by atoms with Gasteiger partial charge in [-0.1, -0.05) is 6.42 Å². The Kier molecular flexibility index (Phi) is 8.58. The van der Waals surface area contributed by atoms with Crippen molar-refractivity contribution in [2.45, 2.75) is 46.0 Å². The average molecular weight is 229 g/mol. The summed E-state index contributed by atoms with van der Waals surface area (Å²) in [7, 11) is 1.40. The summed E-state index contributed by atoms with van der Waals surface area (Å²) in [6.07, 6.45) is 3.60. The lowest BCUT2D eigenvalue weighted by Gasteiger charge is -2.18. The second-order valence-corrected chi connectivity index (χ2v) is 3.70. The van der Waals surface area contributed by atoms with Gasteiger partial charge in [-0.3, -0.25) is 9.59 Å². The van der Waals surface area contributed by atoms with Crippen LogP contribution in [0.15, 0.2) is 0 Å². The molecule has 1 amide bonds. The second kappa shape index (κ2) is 9.19. The van der Waals surface area contributed by atoms with Gasteiger partial charge >= 0.3 is 5.97 Å². The van der Waals surface area contributed by atoms with E-state index in [0.717, 1.165) is 32.4 Å². The minimum absolute atomic E-state index is 0.171. The number of ether oxygens (including phenoxy) is 1. The maximum absolute atomic E-state index is 11.6. The predicted molar refractivity (Wildman–Crippen MR) is 63.0 cm³/mol. The van der Waals surface area contributed by atoms with Gasteiger partial charge in [-0.25, -0.2) is 0 Å². The van der Waals surface area contributed by atoms with Crippen LogP contribution in [-0.2, 0) is 14.3 Å². The fraction of sp³-hybridized carbons (Fsp3) is 0.833. The lowest BCUT2D eigenvalue weighted by Crippen LogP contribution is -2.30. The number of carbonyl (C=O) groups excluding carboxylic acids is 2. The molecule has 0 fully saturated rings. The molecule has 0 aromatic heterocycles. The van der Waals surface area contributed by atoms with E-state index in [2.05, 4.69) is 4.74 Å². The summed E-state index contributed by atoms with van der Waals surface area (Å²) in [5, 5.41) is 0. The van der Waals surface area contributed by atoms with Crippen molar-refractivity contribution in [2.24, 2.45) is 0 Å². The number of unbranched alkanes of at least 4 members (excludes halogenated alkanes) is 2. The van der Waals surface area contributed by atoms with E-state index in [1.54, 1.807) is 0 Å². The fourth-order valence-corrected chi connectivity index (χ4v) is 1.56. The molecule has 0 heterocycles. The van der Waals surface area contributed by atoms with E-state index in [1.165, 1.54) is 7.11 Å². The first-order valence-corrected chi connectivity index (χ1v) is 6.00. The van der Waals surface area contributed by atoms with E-state index >= 15 is 0 Å². The summed E-state index contributed by atoms with van der Waals surface area (Å²) in [6, 6.07) is 0. The average Bonchev–Trinajstić information content (AvgIpc) is 2.29.